The summed E-state index contributed by atoms with van der Waals surface area (Å²) in [5.74, 6) is -0.286. The number of nitrogens with one attached hydrogen (secondary N) is 2. The smallest absolute Gasteiger partial charge is 0.269 e. The van der Waals surface area contributed by atoms with Gasteiger partial charge in [-0.3, -0.25) is 9.59 Å². The molecule has 1 aromatic rings. The molecule has 0 aliphatic heterocycles. The molecule has 0 fully saturated rings. The maximum atomic E-state index is 11.6. The van der Waals surface area contributed by atoms with Gasteiger partial charge in [-0.25, -0.2) is 4.98 Å². The number of aliphatic hydroxyl groups excluding tert-OH is 1. The Kier molecular flexibility index (Phi) is 5.67. The summed E-state index contributed by atoms with van der Waals surface area (Å²) in [5, 5.41) is 14.1. The molecule has 0 atom stereocenters. The van der Waals surface area contributed by atoms with E-state index in [1.165, 1.54) is 0 Å². The molecule has 6 nitrogen and oxygen atoms in total. The summed E-state index contributed by atoms with van der Waals surface area (Å²) in [4.78, 5) is 25.5. The number of hydrogen-bond donors (Lipinski definition) is 3. The van der Waals surface area contributed by atoms with Crippen LogP contribution in [0.3, 0.4) is 0 Å². The van der Waals surface area contributed by atoms with E-state index in [2.05, 4.69) is 15.6 Å². The molecule has 92 valence electrons. The van der Waals surface area contributed by atoms with Crippen molar-refractivity contribution < 1.29 is 14.7 Å². The molecule has 0 saturated heterocycles. The zero-order chi connectivity index (χ0) is 12.5. The lowest BCUT2D eigenvalue weighted by Gasteiger charge is -2.05. The van der Waals surface area contributed by atoms with E-state index in [-0.39, 0.29) is 18.2 Å². The van der Waals surface area contributed by atoms with Gasteiger partial charge in [-0.15, -0.1) is 0 Å². The fourth-order valence-electron chi connectivity index (χ4n) is 1.24. The van der Waals surface area contributed by atoms with Crippen molar-refractivity contribution >= 4 is 12.3 Å². The summed E-state index contributed by atoms with van der Waals surface area (Å²) in [6.45, 7) is 0.795. The van der Waals surface area contributed by atoms with Crippen LogP contribution < -0.4 is 10.6 Å². The van der Waals surface area contributed by atoms with E-state index in [4.69, 9.17) is 5.11 Å². The first-order chi connectivity index (χ1) is 8.27. The van der Waals surface area contributed by atoms with Gasteiger partial charge in [0.25, 0.3) is 5.91 Å². The Morgan fingerprint density at radius 3 is 2.94 bits per heavy atom. The Balaban J connectivity index is 2.38. The first kappa shape index (κ1) is 13.1. The number of amides is 2. The van der Waals surface area contributed by atoms with Gasteiger partial charge < -0.3 is 15.7 Å². The number of nitrogens with zero attached hydrogens (tertiary/aromatic N) is 1. The fraction of sp³-hybridized carbons (Fsp3) is 0.364. The number of pyridine rings is 1. The van der Waals surface area contributed by atoms with Gasteiger partial charge in [0.1, 0.15) is 5.69 Å². The number of carbonyl (C=O) groups excluding carboxylic acids is 2. The Morgan fingerprint density at radius 2 is 2.24 bits per heavy atom. The van der Waals surface area contributed by atoms with E-state index in [9.17, 15) is 9.59 Å². The van der Waals surface area contributed by atoms with E-state index < -0.39 is 0 Å². The second-order valence-corrected chi connectivity index (χ2v) is 3.35. The third-order valence-corrected chi connectivity index (χ3v) is 2.07. The van der Waals surface area contributed by atoms with Crippen molar-refractivity contribution in [1.29, 1.82) is 0 Å². The monoisotopic (exact) mass is 237 g/mol. The van der Waals surface area contributed by atoms with Crippen molar-refractivity contribution in [3.63, 3.8) is 0 Å². The van der Waals surface area contributed by atoms with Crippen molar-refractivity contribution in [2.45, 2.75) is 13.0 Å². The predicted molar refractivity (Wildman–Crippen MR) is 61.2 cm³/mol. The molecule has 0 aromatic carbocycles. The average Bonchev–Trinajstić information content (AvgIpc) is 2.38. The minimum absolute atomic E-state index is 0.190. The van der Waals surface area contributed by atoms with Gasteiger partial charge in [0.05, 0.1) is 12.3 Å². The van der Waals surface area contributed by atoms with Crippen LogP contribution in [-0.4, -0.2) is 35.5 Å². The van der Waals surface area contributed by atoms with Gasteiger partial charge in [-0.05, 0) is 18.6 Å². The number of carbonyl (C=O) groups is 2. The molecule has 0 saturated carbocycles. The minimum Gasteiger partial charge on any atom is -0.390 e. The van der Waals surface area contributed by atoms with Crippen LogP contribution in [0.2, 0.25) is 0 Å². The molecule has 0 aliphatic carbocycles. The molecule has 2 amide bonds. The van der Waals surface area contributed by atoms with Crippen LogP contribution in [0, 0.1) is 0 Å². The molecule has 17 heavy (non-hydrogen) atoms. The number of hydrogen-bond acceptors (Lipinski definition) is 4. The largest absolute Gasteiger partial charge is 0.390 e. The topological polar surface area (TPSA) is 91.3 Å². The standard InChI is InChI=1S/C11H15N3O3/c15-7-9-3-1-4-10(14-9)11(17)13-6-2-5-12-8-16/h1,3-4,8,15H,2,5-7H2,(H,12,16)(H,13,17). The van der Waals surface area contributed by atoms with E-state index in [0.717, 1.165) is 0 Å². The lowest BCUT2D eigenvalue weighted by molar-refractivity contribution is -0.109. The van der Waals surface area contributed by atoms with E-state index in [0.29, 0.717) is 31.6 Å². The second kappa shape index (κ2) is 7.34. The van der Waals surface area contributed by atoms with Crippen LogP contribution >= 0.6 is 0 Å². The first-order valence-electron chi connectivity index (χ1n) is 5.30. The van der Waals surface area contributed by atoms with Gasteiger partial charge in [0.2, 0.25) is 6.41 Å². The van der Waals surface area contributed by atoms with Gasteiger partial charge in [0, 0.05) is 13.1 Å². The molecular weight excluding hydrogens is 222 g/mol. The average molecular weight is 237 g/mol. The first-order valence-corrected chi connectivity index (χ1v) is 5.30. The van der Waals surface area contributed by atoms with Crippen LogP contribution in [0.1, 0.15) is 22.6 Å². The van der Waals surface area contributed by atoms with Crippen molar-refractivity contribution in [2.75, 3.05) is 13.1 Å². The highest BCUT2D eigenvalue weighted by Gasteiger charge is 2.06. The van der Waals surface area contributed by atoms with Crippen LogP contribution in [0.15, 0.2) is 18.2 Å². The van der Waals surface area contributed by atoms with Gasteiger partial charge in [-0.2, -0.15) is 0 Å². The Labute approximate surface area is 99.1 Å². The summed E-state index contributed by atoms with van der Waals surface area (Å²) in [5.41, 5.74) is 0.736. The van der Waals surface area contributed by atoms with E-state index >= 15 is 0 Å². The SMILES string of the molecule is O=CNCCCNC(=O)c1cccc(CO)n1. The van der Waals surface area contributed by atoms with Crippen molar-refractivity contribution in [1.82, 2.24) is 15.6 Å². The quantitative estimate of drug-likeness (QED) is 0.438. The summed E-state index contributed by atoms with van der Waals surface area (Å²) in [6, 6.07) is 4.89. The molecular formula is C11H15N3O3. The maximum Gasteiger partial charge on any atom is 0.269 e. The van der Waals surface area contributed by atoms with Crippen molar-refractivity contribution in [2.24, 2.45) is 0 Å². The summed E-state index contributed by atoms with van der Waals surface area (Å²) >= 11 is 0. The Hall–Kier alpha value is -1.95. The van der Waals surface area contributed by atoms with Gasteiger partial charge >= 0.3 is 0 Å². The van der Waals surface area contributed by atoms with Crippen LogP contribution in [0.5, 0.6) is 0 Å². The van der Waals surface area contributed by atoms with Gasteiger partial charge in [-0.1, -0.05) is 6.07 Å². The normalized spacial score (nSPS) is 9.71. The molecule has 0 radical (unpaired) electrons. The number of rotatable bonds is 7. The molecule has 0 bridgehead atoms. The summed E-state index contributed by atoms with van der Waals surface area (Å²) in [6.07, 6.45) is 1.28. The lowest BCUT2D eigenvalue weighted by Crippen LogP contribution is -2.27. The highest BCUT2D eigenvalue weighted by molar-refractivity contribution is 5.92. The number of aliphatic hydroxyl groups is 1. The van der Waals surface area contributed by atoms with Crippen molar-refractivity contribution in [3.05, 3.63) is 29.6 Å². The molecule has 1 aromatic heterocycles. The third-order valence-electron chi connectivity index (χ3n) is 2.07. The highest BCUT2D eigenvalue weighted by Crippen LogP contribution is 1.99. The van der Waals surface area contributed by atoms with Crippen LogP contribution in [-0.2, 0) is 11.4 Å². The second-order valence-electron chi connectivity index (χ2n) is 3.35. The summed E-state index contributed by atoms with van der Waals surface area (Å²) < 4.78 is 0. The Bertz CT molecular complexity index is 382. The molecule has 1 rings (SSSR count). The molecule has 1 heterocycles. The van der Waals surface area contributed by atoms with Crippen LogP contribution in [0.4, 0.5) is 0 Å². The lowest BCUT2D eigenvalue weighted by atomic mass is 10.3. The maximum absolute atomic E-state index is 11.6. The van der Waals surface area contributed by atoms with E-state index in [1.807, 2.05) is 0 Å². The van der Waals surface area contributed by atoms with Crippen LogP contribution in [0.25, 0.3) is 0 Å². The predicted octanol–water partition coefficient (Wildman–Crippen LogP) is -0.560. The van der Waals surface area contributed by atoms with E-state index in [1.54, 1.807) is 18.2 Å². The zero-order valence-corrected chi connectivity index (χ0v) is 9.35. The third kappa shape index (κ3) is 4.60. The van der Waals surface area contributed by atoms with Crippen molar-refractivity contribution in [3.8, 4) is 0 Å². The minimum atomic E-state index is -0.286. The molecule has 0 spiro atoms. The zero-order valence-electron chi connectivity index (χ0n) is 9.35. The highest BCUT2D eigenvalue weighted by atomic mass is 16.3. The Morgan fingerprint density at radius 1 is 1.41 bits per heavy atom. The summed E-state index contributed by atoms with van der Waals surface area (Å²) in [7, 11) is 0. The molecule has 0 unspecified atom stereocenters. The van der Waals surface area contributed by atoms with Gasteiger partial charge in [0.15, 0.2) is 0 Å². The number of aromatic nitrogens is 1. The molecule has 0 aliphatic rings. The molecule has 3 N–H and O–H groups in total. The molecule has 6 heteroatoms. The fourth-order valence-corrected chi connectivity index (χ4v) is 1.24.